The minimum Gasteiger partial charge on any atom is -0.327 e. The molecule has 0 bridgehead atoms. The van der Waals surface area contributed by atoms with Crippen LogP contribution in [0.2, 0.25) is 0 Å². The second-order valence-electron chi connectivity index (χ2n) is 7.94. The maximum absolute atomic E-state index is 12.6. The summed E-state index contributed by atoms with van der Waals surface area (Å²) in [7, 11) is -3.66. The molecule has 0 saturated heterocycles. The van der Waals surface area contributed by atoms with Gasteiger partial charge in [-0.15, -0.1) is 12.4 Å². The summed E-state index contributed by atoms with van der Waals surface area (Å²) in [5.74, 6) is 0.0783. The summed E-state index contributed by atoms with van der Waals surface area (Å²) in [6, 6.07) is 5.01. The van der Waals surface area contributed by atoms with Crippen LogP contribution in [0.5, 0.6) is 0 Å². The Kier molecular flexibility index (Phi) is 7.65. The van der Waals surface area contributed by atoms with Crippen molar-refractivity contribution in [3.63, 3.8) is 0 Å². The third-order valence-electron chi connectivity index (χ3n) is 4.37. The van der Waals surface area contributed by atoms with Crippen molar-refractivity contribution in [3.05, 3.63) is 23.8 Å². The van der Waals surface area contributed by atoms with Crippen LogP contribution in [0.1, 0.15) is 52.0 Å². The molecule has 1 aliphatic carbocycles. The van der Waals surface area contributed by atoms with Crippen LogP contribution in [0.4, 0.5) is 5.69 Å². The van der Waals surface area contributed by atoms with E-state index in [0.717, 1.165) is 19.3 Å². The molecule has 148 valence electrons. The SMILES string of the molecule is Cc1ccc(NC(=O)C[C@@H]2CCC[C@H]2N)cc1S(=O)(=O)NC(C)(C)C.Cl. The lowest BCUT2D eigenvalue weighted by atomic mass is 10.00. The molecule has 2 rings (SSSR count). The quantitative estimate of drug-likeness (QED) is 0.703. The zero-order valence-corrected chi connectivity index (χ0v) is 17.5. The lowest BCUT2D eigenvalue weighted by molar-refractivity contribution is -0.117. The van der Waals surface area contributed by atoms with Crippen molar-refractivity contribution >= 4 is 34.0 Å². The first-order chi connectivity index (χ1) is 11.5. The normalized spacial score (nSPS) is 20.5. The molecule has 1 amide bonds. The monoisotopic (exact) mass is 403 g/mol. The zero-order valence-electron chi connectivity index (χ0n) is 15.8. The van der Waals surface area contributed by atoms with E-state index in [2.05, 4.69) is 10.0 Å². The van der Waals surface area contributed by atoms with Gasteiger partial charge < -0.3 is 11.1 Å². The maximum Gasteiger partial charge on any atom is 0.241 e. The van der Waals surface area contributed by atoms with E-state index in [4.69, 9.17) is 5.73 Å². The Bertz CT molecular complexity index is 745. The van der Waals surface area contributed by atoms with Crippen LogP contribution in [0.25, 0.3) is 0 Å². The van der Waals surface area contributed by atoms with Gasteiger partial charge in [-0.05, 0) is 64.2 Å². The number of rotatable bonds is 5. The predicted octanol–water partition coefficient (Wildman–Crippen LogP) is 2.95. The Hall–Kier alpha value is -1.15. The first-order valence-electron chi connectivity index (χ1n) is 8.68. The second-order valence-corrected chi connectivity index (χ2v) is 9.59. The van der Waals surface area contributed by atoms with Crippen LogP contribution in [0, 0.1) is 12.8 Å². The summed E-state index contributed by atoms with van der Waals surface area (Å²) in [6.45, 7) is 7.10. The van der Waals surface area contributed by atoms with E-state index in [1.54, 1.807) is 39.8 Å². The summed E-state index contributed by atoms with van der Waals surface area (Å²) in [4.78, 5) is 12.4. The van der Waals surface area contributed by atoms with Gasteiger partial charge in [0.2, 0.25) is 15.9 Å². The molecule has 1 aromatic carbocycles. The smallest absolute Gasteiger partial charge is 0.241 e. The average molecular weight is 404 g/mol. The molecule has 0 aromatic heterocycles. The first kappa shape index (κ1) is 22.9. The fourth-order valence-electron chi connectivity index (χ4n) is 3.19. The number of amides is 1. The lowest BCUT2D eigenvalue weighted by Crippen LogP contribution is -2.40. The number of nitrogens with one attached hydrogen (secondary N) is 2. The Morgan fingerprint density at radius 3 is 2.46 bits per heavy atom. The van der Waals surface area contributed by atoms with Crippen LogP contribution >= 0.6 is 12.4 Å². The number of sulfonamides is 1. The van der Waals surface area contributed by atoms with E-state index in [9.17, 15) is 13.2 Å². The highest BCUT2D eigenvalue weighted by molar-refractivity contribution is 7.89. The number of carbonyl (C=O) groups excluding carboxylic acids is 1. The molecule has 0 spiro atoms. The molecule has 4 N–H and O–H groups in total. The van der Waals surface area contributed by atoms with Crippen LogP contribution < -0.4 is 15.8 Å². The van der Waals surface area contributed by atoms with Crippen molar-refractivity contribution in [2.45, 2.75) is 69.9 Å². The molecule has 1 aromatic rings. The molecule has 0 unspecified atom stereocenters. The zero-order chi connectivity index (χ0) is 18.8. The number of anilines is 1. The van der Waals surface area contributed by atoms with Crippen LogP contribution in [-0.4, -0.2) is 25.9 Å². The number of hydrogen-bond acceptors (Lipinski definition) is 4. The highest BCUT2D eigenvalue weighted by atomic mass is 35.5. The van der Waals surface area contributed by atoms with Gasteiger partial charge in [-0.3, -0.25) is 4.79 Å². The van der Waals surface area contributed by atoms with Gasteiger partial charge in [0, 0.05) is 23.7 Å². The van der Waals surface area contributed by atoms with Gasteiger partial charge in [-0.25, -0.2) is 13.1 Å². The van der Waals surface area contributed by atoms with Gasteiger partial charge in [0.05, 0.1) is 4.90 Å². The van der Waals surface area contributed by atoms with Crippen LogP contribution in [-0.2, 0) is 14.8 Å². The van der Waals surface area contributed by atoms with E-state index >= 15 is 0 Å². The lowest BCUT2D eigenvalue weighted by Gasteiger charge is -2.21. The molecule has 2 atom stereocenters. The topological polar surface area (TPSA) is 101 Å². The van der Waals surface area contributed by atoms with Crippen molar-refractivity contribution in [2.75, 3.05) is 5.32 Å². The molecule has 1 aliphatic rings. The van der Waals surface area contributed by atoms with Gasteiger partial charge in [0.25, 0.3) is 0 Å². The maximum atomic E-state index is 12.6. The Morgan fingerprint density at radius 1 is 1.27 bits per heavy atom. The number of hydrogen-bond donors (Lipinski definition) is 3. The van der Waals surface area contributed by atoms with Crippen LogP contribution in [0.3, 0.4) is 0 Å². The van der Waals surface area contributed by atoms with E-state index in [1.807, 2.05) is 0 Å². The van der Waals surface area contributed by atoms with E-state index in [0.29, 0.717) is 17.7 Å². The number of aryl methyl sites for hydroxylation is 1. The van der Waals surface area contributed by atoms with Gasteiger partial charge in [-0.1, -0.05) is 12.5 Å². The fourth-order valence-corrected chi connectivity index (χ4v) is 4.88. The molecule has 1 fully saturated rings. The van der Waals surface area contributed by atoms with Gasteiger partial charge in [0.15, 0.2) is 0 Å². The molecule has 0 aliphatic heterocycles. The van der Waals surface area contributed by atoms with Gasteiger partial charge in [-0.2, -0.15) is 0 Å². The minimum atomic E-state index is -3.66. The Balaban J connectivity index is 0.00000338. The fraction of sp³-hybridized carbons (Fsp3) is 0.611. The van der Waals surface area contributed by atoms with Crippen molar-refractivity contribution in [3.8, 4) is 0 Å². The summed E-state index contributed by atoms with van der Waals surface area (Å²) in [5.41, 5.74) is 6.55. The second kappa shape index (κ2) is 8.69. The van der Waals surface area contributed by atoms with Crippen molar-refractivity contribution in [1.29, 1.82) is 0 Å². The minimum absolute atomic E-state index is 0. The van der Waals surface area contributed by atoms with E-state index < -0.39 is 15.6 Å². The predicted molar refractivity (Wildman–Crippen MR) is 107 cm³/mol. The number of benzene rings is 1. The number of halogens is 1. The molecule has 0 radical (unpaired) electrons. The summed E-state index contributed by atoms with van der Waals surface area (Å²) in [6.07, 6.45) is 3.36. The Labute approximate surface area is 162 Å². The van der Waals surface area contributed by atoms with E-state index in [-0.39, 0.29) is 35.2 Å². The van der Waals surface area contributed by atoms with Gasteiger partial charge in [0.1, 0.15) is 0 Å². The molecular weight excluding hydrogens is 374 g/mol. The summed E-state index contributed by atoms with van der Waals surface area (Å²) in [5, 5.41) is 2.81. The molecule has 6 nitrogen and oxygen atoms in total. The highest BCUT2D eigenvalue weighted by Crippen LogP contribution is 2.27. The van der Waals surface area contributed by atoms with E-state index in [1.165, 1.54) is 6.07 Å². The molecule has 1 saturated carbocycles. The summed E-state index contributed by atoms with van der Waals surface area (Å²) >= 11 is 0. The largest absolute Gasteiger partial charge is 0.327 e. The molecular formula is C18H30ClN3O3S. The van der Waals surface area contributed by atoms with Crippen molar-refractivity contribution in [1.82, 2.24) is 4.72 Å². The average Bonchev–Trinajstić information content (AvgIpc) is 2.83. The third kappa shape index (κ3) is 6.23. The molecule has 26 heavy (non-hydrogen) atoms. The van der Waals surface area contributed by atoms with Gasteiger partial charge >= 0.3 is 0 Å². The molecule has 0 heterocycles. The standard InChI is InChI=1S/C18H29N3O3S.ClH/c1-12-8-9-14(11-16(12)25(23,24)21-18(2,3)4)20-17(22)10-13-6-5-7-15(13)19;/h8-9,11,13,15,21H,5-7,10,19H2,1-4H3,(H,20,22);1H/t13-,15+;/m0./s1. The summed E-state index contributed by atoms with van der Waals surface area (Å²) < 4.78 is 27.8. The highest BCUT2D eigenvalue weighted by Gasteiger charge is 2.27. The number of carbonyl (C=O) groups is 1. The van der Waals surface area contributed by atoms with Crippen molar-refractivity contribution < 1.29 is 13.2 Å². The Morgan fingerprint density at radius 2 is 1.92 bits per heavy atom. The van der Waals surface area contributed by atoms with Crippen LogP contribution in [0.15, 0.2) is 23.1 Å². The van der Waals surface area contributed by atoms with Crippen molar-refractivity contribution in [2.24, 2.45) is 11.7 Å². The first-order valence-corrected chi connectivity index (χ1v) is 10.2. The third-order valence-corrected chi connectivity index (χ3v) is 6.27. The molecule has 8 heteroatoms. The number of nitrogens with two attached hydrogens (primary N) is 1.